The molecular weight excluding hydrogens is 266 g/mol. The molecular formula is C13H16ClN3O2. The largest absolute Gasteiger partial charge is 0.387 e. The van der Waals surface area contributed by atoms with Gasteiger partial charge in [0.25, 0.3) is 5.91 Å². The van der Waals surface area contributed by atoms with Crippen molar-refractivity contribution in [1.82, 2.24) is 10.6 Å². The first-order valence-corrected chi connectivity index (χ1v) is 6.53. The number of anilines is 1. The minimum atomic E-state index is -0.321. The lowest BCUT2D eigenvalue weighted by atomic mass is 10.1. The minimum Gasteiger partial charge on any atom is -0.387 e. The van der Waals surface area contributed by atoms with Gasteiger partial charge in [-0.1, -0.05) is 11.6 Å². The Hall–Kier alpha value is -1.75. The molecule has 5 nitrogen and oxygen atoms in total. The maximum Gasteiger partial charge on any atom is 0.253 e. The van der Waals surface area contributed by atoms with E-state index in [-0.39, 0.29) is 18.4 Å². The van der Waals surface area contributed by atoms with Gasteiger partial charge in [0.15, 0.2) is 0 Å². The summed E-state index contributed by atoms with van der Waals surface area (Å²) in [5.74, 6) is -0.485. The Labute approximate surface area is 116 Å². The summed E-state index contributed by atoms with van der Waals surface area (Å²) in [5.41, 5.74) is 1.10. The van der Waals surface area contributed by atoms with Crippen LogP contribution in [0.25, 0.3) is 0 Å². The standard InChI is InChI=1S/C13H16ClN3O2/c1-15-11-5-2-8(14)6-10(11)13(19)16-7-12(18)17-9-3-4-9/h2,5-6,9,15H,3-4,7H2,1H3,(H,16,19)(H,17,18). The molecule has 1 aliphatic carbocycles. The molecule has 1 saturated carbocycles. The lowest BCUT2D eigenvalue weighted by Crippen LogP contribution is -2.38. The van der Waals surface area contributed by atoms with Crippen molar-refractivity contribution in [2.24, 2.45) is 0 Å². The molecule has 0 unspecified atom stereocenters. The van der Waals surface area contributed by atoms with Crippen LogP contribution in [0.4, 0.5) is 5.69 Å². The maximum atomic E-state index is 12.0. The number of benzene rings is 1. The first-order valence-electron chi connectivity index (χ1n) is 6.15. The van der Waals surface area contributed by atoms with Crippen LogP contribution in [-0.2, 0) is 4.79 Å². The zero-order valence-corrected chi connectivity index (χ0v) is 11.4. The molecule has 0 aliphatic heterocycles. The van der Waals surface area contributed by atoms with Crippen molar-refractivity contribution in [3.63, 3.8) is 0 Å². The highest BCUT2D eigenvalue weighted by atomic mass is 35.5. The van der Waals surface area contributed by atoms with Crippen molar-refractivity contribution >= 4 is 29.1 Å². The fraction of sp³-hybridized carbons (Fsp3) is 0.385. The average molecular weight is 282 g/mol. The second kappa shape index (κ2) is 5.93. The summed E-state index contributed by atoms with van der Waals surface area (Å²) in [7, 11) is 1.72. The Morgan fingerprint density at radius 3 is 2.74 bits per heavy atom. The van der Waals surface area contributed by atoms with Crippen LogP contribution in [0.3, 0.4) is 0 Å². The Kier molecular flexibility index (Phi) is 4.27. The third-order valence-electron chi connectivity index (χ3n) is 2.85. The smallest absolute Gasteiger partial charge is 0.253 e. The number of nitrogens with one attached hydrogen (secondary N) is 3. The summed E-state index contributed by atoms with van der Waals surface area (Å²) in [5, 5.41) is 8.78. The predicted octanol–water partition coefficient (Wildman–Crippen LogP) is 1.39. The molecule has 1 aliphatic rings. The van der Waals surface area contributed by atoms with Gasteiger partial charge < -0.3 is 16.0 Å². The summed E-state index contributed by atoms with van der Waals surface area (Å²) in [6.45, 7) is -0.0228. The third kappa shape index (κ3) is 3.86. The number of carbonyl (C=O) groups excluding carboxylic acids is 2. The van der Waals surface area contributed by atoms with E-state index in [1.807, 2.05) is 0 Å². The molecule has 0 spiro atoms. The Bertz CT molecular complexity index is 501. The van der Waals surface area contributed by atoms with Crippen molar-refractivity contribution in [1.29, 1.82) is 0 Å². The minimum absolute atomic E-state index is 0.0228. The van der Waals surface area contributed by atoms with Gasteiger partial charge in [-0.05, 0) is 31.0 Å². The summed E-state index contributed by atoms with van der Waals surface area (Å²) in [6, 6.07) is 5.29. The van der Waals surface area contributed by atoms with Crippen molar-refractivity contribution in [3.05, 3.63) is 28.8 Å². The molecule has 3 N–H and O–H groups in total. The average Bonchev–Trinajstić information content (AvgIpc) is 3.19. The van der Waals surface area contributed by atoms with Crippen molar-refractivity contribution in [3.8, 4) is 0 Å². The second-order valence-electron chi connectivity index (χ2n) is 4.46. The fourth-order valence-corrected chi connectivity index (χ4v) is 1.86. The number of rotatable bonds is 5. The van der Waals surface area contributed by atoms with Gasteiger partial charge in [-0.15, -0.1) is 0 Å². The van der Waals surface area contributed by atoms with Crippen molar-refractivity contribution in [2.75, 3.05) is 18.9 Å². The quantitative estimate of drug-likeness (QED) is 0.764. The molecule has 0 heterocycles. The van der Waals surface area contributed by atoms with Crippen LogP contribution in [0.15, 0.2) is 18.2 Å². The molecule has 6 heteroatoms. The van der Waals surface area contributed by atoms with Crippen LogP contribution < -0.4 is 16.0 Å². The lowest BCUT2D eigenvalue weighted by Gasteiger charge is -2.10. The maximum absolute atomic E-state index is 12.0. The molecule has 0 atom stereocenters. The SMILES string of the molecule is CNc1ccc(Cl)cc1C(=O)NCC(=O)NC1CC1. The summed E-state index contributed by atoms with van der Waals surface area (Å²) in [4.78, 5) is 23.5. The summed E-state index contributed by atoms with van der Waals surface area (Å²) < 4.78 is 0. The molecule has 0 radical (unpaired) electrons. The topological polar surface area (TPSA) is 70.2 Å². The van der Waals surface area contributed by atoms with Crippen LogP contribution in [0.5, 0.6) is 0 Å². The number of carbonyl (C=O) groups is 2. The van der Waals surface area contributed by atoms with Gasteiger partial charge in [-0.2, -0.15) is 0 Å². The van der Waals surface area contributed by atoms with Gasteiger partial charge in [0.05, 0.1) is 12.1 Å². The molecule has 1 aromatic carbocycles. The number of halogens is 1. The lowest BCUT2D eigenvalue weighted by molar-refractivity contribution is -0.120. The van der Waals surface area contributed by atoms with Crippen molar-refractivity contribution < 1.29 is 9.59 Å². The van der Waals surface area contributed by atoms with E-state index in [9.17, 15) is 9.59 Å². The molecule has 2 amide bonds. The van der Waals surface area contributed by atoms with Gasteiger partial charge in [-0.25, -0.2) is 0 Å². The fourth-order valence-electron chi connectivity index (χ4n) is 1.68. The first kappa shape index (κ1) is 13.7. The van der Waals surface area contributed by atoms with E-state index in [1.165, 1.54) is 0 Å². The van der Waals surface area contributed by atoms with E-state index in [1.54, 1.807) is 25.2 Å². The zero-order chi connectivity index (χ0) is 13.8. The van der Waals surface area contributed by atoms with Gasteiger partial charge >= 0.3 is 0 Å². The normalized spacial score (nSPS) is 13.8. The molecule has 1 aromatic rings. The van der Waals surface area contributed by atoms with Gasteiger partial charge in [-0.3, -0.25) is 9.59 Å². The van der Waals surface area contributed by atoms with E-state index in [2.05, 4.69) is 16.0 Å². The highest BCUT2D eigenvalue weighted by Gasteiger charge is 2.23. The molecule has 0 aromatic heterocycles. The Morgan fingerprint density at radius 2 is 2.11 bits per heavy atom. The highest BCUT2D eigenvalue weighted by molar-refractivity contribution is 6.31. The van der Waals surface area contributed by atoms with Crippen LogP contribution in [0.1, 0.15) is 23.2 Å². The summed E-state index contributed by atoms with van der Waals surface area (Å²) in [6.07, 6.45) is 2.05. The first-order chi connectivity index (χ1) is 9.10. The molecule has 102 valence electrons. The van der Waals surface area contributed by atoms with E-state index in [0.29, 0.717) is 22.3 Å². The molecule has 1 fully saturated rings. The zero-order valence-electron chi connectivity index (χ0n) is 10.6. The third-order valence-corrected chi connectivity index (χ3v) is 3.08. The van der Waals surface area contributed by atoms with E-state index in [4.69, 9.17) is 11.6 Å². The highest BCUT2D eigenvalue weighted by Crippen LogP contribution is 2.20. The van der Waals surface area contributed by atoms with Crippen LogP contribution in [-0.4, -0.2) is 31.4 Å². The van der Waals surface area contributed by atoms with Crippen molar-refractivity contribution in [2.45, 2.75) is 18.9 Å². The molecule has 2 rings (SSSR count). The van der Waals surface area contributed by atoms with E-state index in [0.717, 1.165) is 12.8 Å². The number of hydrogen-bond acceptors (Lipinski definition) is 3. The van der Waals surface area contributed by atoms with E-state index >= 15 is 0 Å². The molecule has 0 saturated heterocycles. The predicted molar refractivity (Wildman–Crippen MR) is 74.5 cm³/mol. The Morgan fingerprint density at radius 1 is 1.37 bits per heavy atom. The van der Waals surface area contributed by atoms with Gasteiger partial charge in [0.1, 0.15) is 0 Å². The number of hydrogen-bond donors (Lipinski definition) is 3. The van der Waals surface area contributed by atoms with Gasteiger partial charge in [0, 0.05) is 23.8 Å². The number of amides is 2. The van der Waals surface area contributed by atoms with Crippen LogP contribution >= 0.6 is 11.6 Å². The van der Waals surface area contributed by atoms with Gasteiger partial charge in [0.2, 0.25) is 5.91 Å². The summed E-state index contributed by atoms with van der Waals surface area (Å²) >= 11 is 5.87. The monoisotopic (exact) mass is 281 g/mol. The second-order valence-corrected chi connectivity index (χ2v) is 4.90. The van der Waals surface area contributed by atoms with E-state index < -0.39 is 0 Å². The molecule has 19 heavy (non-hydrogen) atoms. The molecule has 0 bridgehead atoms. The van der Waals surface area contributed by atoms with Crippen LogP contribution in [0, 0.1) is 0 Å². The van der Waals surface area contributed by atoms with Crippen LogP contribution in [0.2, 0.25) is 5.02 Å². The Balaban J connectivity index is 1.94.